The van der Waals surface area contributed by atoms with Gasteiger partial charge < -0.3 is 15.7 Å². The predicted molar refractivity (Wildman–Crippen MR) is 61.5 cm³/mol. The Hall–Kier alpha value is -2.09. The molecule has 0 unspecified atom stereocenters. The fourth-order valence-corrected chi connectivity index (χ4v) is 1.69. The third kappa shape index (κ3) is 6.90. The van der Waals surface area contributed by atoms with Gasteiger partial charge in [-0.3, -0.25) is 10.2 Å². The molecule has 0 aliphatic carbocycles. The Morgan fingerprint density at radius 1 is 1.24 bits per heavy atom. The van der Waals surface area contributed by atoms with Crippen molar-refractivity contribution in [2.45, 2.75) is 11.8 Å². The summed E-state index contributed by atoms with van der Waals surface area (Å²) in [6.07, 6.45) is 0. The molecule has 0 aromatic heterocycles. The second-order valence-electron chi connectivity index (χ2n) is 2.80. The fourth-order valence-electron chi connectivity index (χ4n) is 0.790. The number of nitrogens with two attached hydrogens (primary N) is 2. The van der Waals surface area contributed by atoms with Crippen molar-refractivity contribution in [2.75, 3.05) is 0 Å². The molecule has 0 amide bonds. The third-order valence-corrected chi connectivity index (χ3v) is 2.56. The van der Waals surface area contributed by atoms with Crippen LogP contribution in [0.5, 0.6) is 0 Å². The molecule has 5 N–H and O–H groups in total. The Morgan fingerprint density at radius 3 is 2.00 bits per heavy atom. The van der Waals surface area contributed by atoms with Crippen molar-refractivity contribution >= 4 is 22.0 Å². The lowest BCUT2D eigenvalue weighted by Crippen LogP contribution is -2.20. The molecule has 0 radical (unpaired) electrons. The summed E-state index contributed by atoms with van der Waals surface area (Å²) in [6.45, 7) is 1.04. The Balaban J connectivity index is 0.000000557. The van der Waals surface area contributed by atoms with E-state index in [1.165, 1.54) is 12.1 Å². The van der Waals surface area contributed by atoms with Gasteiger partial charge in [0.2, 0.25) is 0 Å². The highest BCUT2D eigenvalue weighted by molar-refractivity contribution is 7.87. The van der Waals surface area contributed by atoms with E-state index < -0.39 is 16.1 Å². The van der Waals surface area contributed by atoms with Gasteiger partial charge in [-0.1, -0.05) is 18.2 Å². The van der Waals surface area contributed by atoms with Crippen molar-refractivity contribution in [3.05, 3.63) is 30.3 Å². The molecule has 0 atom stereocenters. The van der Waals surface area contributed by atoms with Crippen LogP contribution in [0.4, 0.5) is 0 Å². The van der Waals surface area contributed by atoms with Gasteiger partial charge in [-0.25, -0.2) is 0 Å². The Kier molecular flexibility index (Phi) is 5.69. The molecule has 0 fully saturated rings. The first-order valence-corrected chi connectivity index (χ1v) is 5.76. The highest BCUT2D eigenvalue weighted by atomic mass is 32.2. The minimum absolute atomic E-state index is 0.0230. The molecule has 0 spiro atoms. The summed E-state index contributed by atoms with van der Waals surface area (Å²) < 4.78 is 26.6. The van der Waals surface area contributed by atoms with Crippen molar-refractivity contribution in [3.63, 3.8) is 0 Å². The summed E-state index contributed by atoms with van der Waals surface area (Å²) in [7, 11) is -3.91. The van der Waals surface area contributed by atoms with Crippen LogP contribution >= 0.6 is 0 Å². The Labute approximate surface area is 99.0 Å². The second kappa shape index (κ2) is 6.48. The lowest BCUT2D eigenvalue weighted by molar-refractivity contribution is -0.131. The van der Waals surface area contributed by atoms with Crippen molar-refractivity contribution in [2.24, 2.45) is 11.5 Å². The maximum absolute atomic E-state index is 11.2. The first kappa shape index (κ1) is 14.9. The molecule has 1 aromatic rings. The summed E-state index contributed by atoms with van der Waals surface area (Å²) >= 11 is 0. The number of hydrogen-bond donors (Lipinski definition) is 3. The summed E-state index contributed by atoms with van der Waals surface area (Å²) in [6, 6.07) is 7.50. The van der Waals surface area contributed by atoms with Crippen LogP contribution in [0.25, 0.3) is 0 Å². The van der Waals surface area contributed by atoms with Crippen molar-refractivity contribution in [1.82, 2.24) is 0 Å². The minimum Gasteiger partial charge on any atom is -0.370 e. The topological polar surface area (TPSA) is 136 Å². The molecule has 0 heterocycles. The minimum atomic E-state index is -3.91. The van der Waals surface area contributed by atoms with Gasteiger partial charge in [0.1, 0.15) is 4.90 Å². The van der Waals surface area contributed by atoms with Gasteiger partial charge in [0.15, 0.2) is 5.96 Å². The highest BCUT2D eigenvalue weighted by Crippen LogP contribution is 2.10. The zero-order valence-electron chi connectivity index (χ0n) is 9.08. The van der Waals surface area contributed by atoms with E-state index in [0.717, 1.165) is 6.92 Å². The van der Waals surface area contributed by atoms with Gasteiger partial charge in [0.25, 0.3) is 0 Å². The zero-order valence-corrected chi connectivity index (χ0v) is 9.90. The molecule has 7 nitrogen and oxygen atoms in total. The average molecular weight is 259 g/mol. The molecule has 0 aliphatic heterocycles. The number of hydrogen-bond acceptors (Lipinski definition) is 5. The number of carbonyl (C=O) groups excluding carboxylic acids is 1. The molecule has 0 aliphatic rings. The average Bonchev–Trinajstić information content (AvgIpc) is 2.16. The SMILES string of the molecule is CC(=O)OS(=O)(=O)c1ccccc1.N=C(N)N. The van der Waals surface area contributed by atoms with E-state index in [9.17, 15) is 13.2 Å². The van der Waals surface area contributed by atoms with Gasteiger partial charge in [0, 0.05) is 6.92 Å². The van der Waals surface area contributed by atoms with Gasteiger partial charge in [0.05, 0.1) is 0 Å². The van der Waals surface area contributed by atoms with Gasteiger partial charge in [-0.05, 0) is 12.1 Å². The van der Waals surface area contributed by atoms with Crippen LogP contribution < -0.4 is 11.5 Å². The molecule has 17 heavy (non-hydrogen) atoms. The molecule has 0 bridgehead atoms. The number of rotatable bonds is 2. The maximum atomic E-state index is 11.2. The van der Waals surface area contributed by atoms with Gasteiger partial charge in [-0.2, -0.15) is 8.42 Å². The predicted octanol–water partition coefficient (Wildman–Crippen LogP) is -0.223. The lowest BCUT2D eigenvalue weighted by Gasteiger charge is -2.01. The summed E-state index contributed by atoms with van der Waals surface area (Å²) in [5, 5.41) is 6.06. The third-order valence-electron chi connectivity index (χ3n) is 1.26. The maximum Gasteiger partial charge on any atom is 0.341 e. The van der Waals surface area contributed by atoms with E-state index in [1.807, 2.05) is 0 Å². The standard InChI is InChI=1S/C8H8O4S.CH5N3/c1-7(9)12-13(10,11)8-5-3-2-4-6-8;2-1(3)4/h2-6H,1H3;(H5,2,3,4). The zero-order chi connectivity index (χ0) is 13.5. The molecule has 1 aromatic carbocycles. The summed E-state index contributed by atoms with van der Waals surface area (Å²) in [5.74, 6) is -1.18. The van der Waals surface area contributed by atoms with Gasteiger partial charge >= 0.3 is 16.1 Å². The smallest absolute Gasteiger partial charge is 0.341 e. The van der Waals surface area contributed by atoms with E-state index in [0.29, 0.717) is 0 Å². The molecular formula is C9H13N3O4S. The quantitative estimate of drug-likeness (QED) is 0.381. The summed E-state index contributed by atoms with van der Waals surface area (Å²) in [5.41, 5.74) is 8.94. The van der Waals surface area contributed by atoms with E-state index in [4.69, 9.17) is 5.41 Å². The second-order valence-corrected chi connectivity index (χ2v) is 4.34. The van der Waals surface area contributed by atoms with Crippen molar-refractivity contribution < 1.29 is 17.4 Å². The molecular weight excluding hydrogens is 246 g/mol. The molecule has 0 saturated heterocycles. The van der Waals surface area contributed by atoms with E-state index in [1.54, 1.807) is 18.2 Å². The van der Waals surface area contributed by atoms with Crippen LogP contribution in [0.15, 0.2) is 35.2 Å². The van der Waals surface area contributed by atoms with E-state index >= 15 is 0 Å². The summed E-state index contributed by atoms with van der Waals surface area (Å²) in [4.78, 5) is 10.4. The van der Waals surface area contributed by atoms with Crippen LogP contribution in [0.1, 0.15) is 6.92 Å². The molecule has 0 saturated carbocycles. The van der Waals surface area contributed by atoms with E-state index in [2.05, 4.69) is 15.7 Å². The highest BCUT2D eigenvalue weighted by Gasteiger charge is 2.16. The number of nitrogens with one attached hydrogen (secondary N) is 1. The van der Waals surface area contributed by atoms with Gasteiger partial charge in [-0.15, -0.1) is 0 Å². The van der Waals surface area contributed by atoms with Crippen LogP contribution in [-0.4, -0.2) is 20.3 Å². The van der Waals surface area contributed by atoms with Crippen molar-refractivity contribution in [1.29, 1.82) is 5.41 Å². The number of carbonyl (C=O) groups is 1. The van der Waals surface area contributed by atoms with Crippen LogP contribution in [0.2, 0.25) is 0 Å². The normalized spacial score (nSPS) is 9.71. The molecule has 1 rings (SSSR count). The first-order chi connectivity index (χ1) is 7.75. The largest absolute Gasteiger partial charge is 0.370 e. The Bertz CT molecular complexity index is 480. The van der Waals surface area contributed by atoms with Crippen LogP contribution in [0.3, 0.4) is 0 Å². The Morgan fingerprint density at radius 2 is 1.65 bits per heavy atom. The number of guanidine groups is 1. The number of benzene rings is 1. The van der Waals surface area contributed by atoms with Crippen LogP contribution in [0, 0.1) is 5.41 Å². The van der Waals surface area contributed by atoms with Crippen molar-refractivity contribution in [3.8, 4) is 0 Å². The monoisotopic (exact) mass is 259 g/mol. The molecule has 8 heteroatoms. The fraction of sp³-hybridized carbons (Fsp3) is 0.111. The van der Waals surface area contributed by atoms with E-state index in [-0.39, 0.29) is 10.9 Å². The molecule has 94 valence electrons. The van der Waals surface area contributed by atoms with Crippen LogP contribution in [-0.2, 0) is 19.1 Å². The first-order valence-electron chi connectivity index (χ1n) is 4.35. The lowest BCUT2D eigenvalue weighted by atomic mass is 10.4.